The largest absolute Gasteiger partial charge is 0.490 e. The summed E-state index contributed by atoms with van der Waals surface area (Å²) in [6, 6.07) is 9.71. The van der Waals surface area contributed by atoms with Crippen molar-refractivity contribution in [2.45, 2.75) is 98.2 Å². The molecule has 0 N–H and O–H groups in total. The first-order chi connectivity index (χ1) is 22.8. The Bertz CT molecular complexity index is 1220. The molecular weight excluding hydrogens is 596 g/mol. The molecule has 0 aliphatic carbocycles. The van der Waals surface area contributed by atoms with Crippen LogP contribution in [0.5, 0.6) is 11.5 Å². The van der Waals surface area contributed by atoms with E-state index in [1.54, 1.807) is 0 Å². The Balaban J connectivity index is 2.08. The Morgan fingerprint density at radius 1 is 0.702 bits per heavy atom. The molecule has 8 nitrogen and oxygen atoms in total. The molecule has 0 aliphatic heterocycles. The quantitative estimate of drug-likeness (QED) is 0.0736. The summed E-state index contributed by atoms with van der Waals surface area (Å²) in [4.78, 5) is 24.1. The van der Waals surface area contributed by atoms with Gasteiger partial charge in [-0.3, -0.25) is 0 Å². The van der Waals surface area contributed by atoms with Crippen LogP contribution >= 0.6 is 0 Å². The van der Waals surface area contributed by atoms with Gasteiger partial charge in [0.05, 0.1) is 13.2 Å². The van der Waals surface area contributed by atoms with Crippen LogP contribution in [0, 0.1) is 18.8 Å². The summed E-state index contributed by atoms with van der Waals surface area (Å²) in [7, 11) is 0. The zero-order valence-electron chi connectivity index (χ0n) is 29.4. The van der Waals surface area contributed by atoms with E-state index in [4.69, 9.17) is 28.4 Å². The minimum Gasteiger partial charge on any atom is -0.490 e. The van der Waals surface area contributed by atoms with Gasteiger partial charge in [0.25, 0.3) is 0 Å². The van der Waals surface area contributed by atoms with Crippen molar-refractivity contribution in [2.75, 3.05) is 39.6 Å². The van der Waals surface area contributed by atoms with Crippen LogP contribution in [0.4, 0.5) is 0 Å². The smallest absolute Gasteiger partial charge is 0.330 e. The highest BCUT2D eigenvalue weighted by Crippen LogP contribution is 2.32. The summed E-state index contributed by atoms with van der Waals surface area (Å²) in [6.07, 6.45) is 10.1. The van der Waals surface area contributed by atoms with E-state index in [1.165, 1.54) is 12.8 Å². The first kappa shape index (κ1) is 39.8. The molecule has 0 fully saturated rings. The second-order valence-electron chi connectivity index (χ2n) is 12.2. The lowest BCUT2D eigenvalue weighted by atomic mass is 10.0. The highest BCUT2D eigenvalue weighted by atomic mass is 16.6. The average molecular weight is 655 g/mol. The molecule has 0 aromatic heterocycles. The lowest BCUT2D eigenvalue weighted by molar-refractivity contribution is -0.149. The molecule has 262 valence electrons. The van der Waals surface area contributed by atoms with E-state index in [0.717, 1.165) is 67.0 Å². The molecule has 8 heteroatoms. The molecule has 2 aromatic carbocycles. The second-order valence-corrected chi connectivity index (χ2v) is 12.2. The fourth-order valence-corrected chi connectivity index (χ4v) is 5.22. The van der Waals surface area contributed by atoms with Gasteiger partial charge in [0.1, 0.15) is 24.7 Å². The van der Waals surface area contributed by atoms with Gasteiger partial charge in [-0.15, -0.1) is 0 Å². The molecule has 4 unspecified atom stereocenters. The number of hydrogen-bond acceptors (Lipinski definition) is 8. The highest BCUT2D eigenvalue weighted by Gasteiger charge is 2.19. The van der Waals surface area contributed by atoms with Gasteiger partial charge < -0.3 is 28.4 Å². The molecule has 0 spiro atoms. The van der Waals surface area contributed by atoms with Crippen LogP contribution in [0.25, 0.3) is 10.8 Å². The fraction of sp³-hybridized carbons (Fsp3) is 0.590. The molecule has 0 heterocycles. The van der Waals surface area contributed by atoms with Crippen molar-refractivity contribution in [3.63, 3.8) is 0 Å². The van der Waals surface area contributed by atoms with Crippen molar-refractivity contribution in [3.05, 3.63) is 61.2 Å². The summed E-state index contributed by atoms with van der Waals surface area (Å²) in [5.74, 6) is 1.25. The zero-order chi connectivity index (χ0) is 34.4. The third-order valence-electron chi connectivity index (χ3n) is 8.29. The van der Waals surface area contributed by atoms with Gasteiger partial charge in [-0.05, 0) is 60.7 Å². The molecule has 0 radical (unpaired) electrons. The monoisotopic (exact) mass is 654 g/mol. The number of unbranched alkanes of at least 4 members (excludes halogenated alkanes) is 2. The first-order valence-corrected chi connectivity index (χ1v) is 17.4. The average Bonchev–Trinajstić information content (AvgIpc) is 3.08. The second kappa shape index (κ2) is 23.0. The van der Waals surface area contributed by atoms with E-state index < -0.39 is 24.1 Å². The van der Waals surface area contributed by atoms with Gasteiger partial charge in [-0.25, -0.2) is 9.59 Å². The van der Waals surface area contributed by atoms with Crippen molar-refractivity contribution in [1.29, 1.82) is 0 Å². The fourth-order valence-electron chi connectivity index (χ4n) is 5.22. The van der Waals surface area contributed by atoms with Gasteiger partial charge >= 0.3 is 11.9 Å². The predicted molar refractivity (Wildman–Crippen MR) is 188 cm³/mol. The van der Waals surface area contributed by atoms with Crippen LogP contribution in [0.1, 0.15) is 84.6 Å². The number of esters is 2. The molecule has 0 saturated carbocycles. The van der Waals surface area contributed by atoms with Gasteiger partial charge in [0.15, 0.2) is 12.2 Å². The Kier molecular flexibility index (Phi) is 19.5. The van der Waals surface area contributed by atoms with Crippen LogP contribution in [0.3, 0.4) is 0 Å². The maximum atomic E-state index is 12.1. The number of ether oxygens (including phenoxy) is 6. The maximum Gasteiger partial charge on any atom is 0.330 e. The van der Waals surface area contributed by atoms with Gasteiger partial charge in [0.2, 0.25) is 0 Å². The van der Waals surface area contributed by atoms with Crippen molar-refractivity contribution in [2.24, 2.45) is 11.8 Å². The SMILES string of the molecule is C=CC(=O)OC(COCC(CC)CCCC)COc1ccc2c(OCC(COCC(CC)CCCC)OC(=O)C=C)c(C)ccc2c1. The van der Waals surface area contributed by atoms with Crippen LogP contribution in [-0.2, 0) is 28.5 Å². The number of carbonyl (C=O) groups is 2. The van der Waals surface area contributed by atoms with E-state index >= 15 is 0 Å². The van der Waals surface area contributed by atoms with E-state index in [-0.39, 0.29) is 26.4 Å². The summed E-state index contributed by atoms with van der Waals surface area (Å²) in [5, 5.41) is 1.81. The summed E-state index contributed by atoms with van der Waals surface area (Å²) >= 11 is 0. The van der Waals surface area contributed by atoms with Crippen molar-refractivity contribution in [3.8, 4) is 11.5 Å². The number of fused-ring (bicyclic) bond motifs is 1. The van der Waals surface area contributed by atoms with Gasteiger partial charge in [0, 0.05) is 30.8 Å². The Morgan fingerprint density at radius 2 is 1.23 bits per heavy atom. The van der Waals surface area contributed by atoms with Crippen molar-refractivity contribution < 1.29 is 38.0 Å². The molecule has 0 saturated heterocycles. The Morgan fingerprint density at radius 3 is 1.72 bits per heavy atom. The van der Waals surface area contributed by atoms with Crippen LogP contribution in [0.15, 0.2) is 55.6 Å². The van der Waals surface area contributed by atoms with Gasteiger partial charge in [-0.1, -0.05) is 91.5 Å². The van der Waals surface area contributed by atoms with E-state index in [1.807, 2.05) is 37.3 Å². The first-order valence-electron chi connectivity index (χ1n) is 17.4. The van der Waals surface area contributed by atoms with E-state index in [9.17, 15) is 9.59 Å². The minimum absolute atomic E-state index is 0.136. The lowest BCUT2D eigenvalue weighted by Crippen LogP contribution is -2.30. The summed E-state index contributed by atoms with van der Waals surface area (Å²) in [6.45, 7) is 19.7. The Labute approximate surface area is 282 Å². The minimum atomic E-state index is -0.585. The number of benzene rings is 2. The number of rotatable bonds is 26. The van der Waals surface area contributed by atoms with Crippen molar-refractivity contribution >= 4 is 22.7 Å². The summed E-state index contributed by atoms with van der Waals surface area (Å²) in [5.41, 5.74) is 0.948. The number of aryl methyl sites for hydroxylation is 1. The predicted octanol–water partition coefficient (Wildman–Crippen LogP) is 8.57. The Hall–Kier alpha value is -3.36. The molecule has 4 atom stereocenters. The molecule has 0 aliphatic rings. The molecule has 47 heavy (non-hydrogen) atoms. The number of carbonyl (C=O) groups excluding carboxylic acids is 2. The maximum absolute atomic E-state index is 12.1. The molecule has 0 bridgehead atoms. The molecule has 2 aromatic rings. The number of hydrogen-bond donors (Lipinski definition) is 0. The summed E-state index contributed by atoms with van der Waals surface area (Å²) < 4.78 is 35.4. The molecule has 0 amide bonds. The normalized spacial score (nSPS) is 13.7. The third-order valence-corrected chi connectivity index (χ3v) is 8.29. The van der Waals surface area contributed by atoms with E-state index in [2.05, 4.69) is 40.9 Å². The van der Waals surface area contributed by atoms with Gasteiger partial charge in [-0.2, -0.15) is 0 Å². The molecule has 2 rings (SSSR count). The van der Waals surface area contributed by atoms with Crippen LogP contribution in [-0.4, -0.2) is 63.8 Å². The van der Waals surface area contributed by atoms with Crippen LogP contribution in [0.2, 0.25) is 0 Å². The standard InChI is InChI=1S/C39H58O8/c1-8-14-16-30(10-3)23-42-25-34(46-37(40)12-5)27-44-33-20-21-36-32(22-33)19-18-29(7)39(36)45-28-35(47-38(41)13-6)26-43-24-31(11-4)17-15-9-2/h12-13,18-22,30-31,34-35H,5-6,8-11,14-17,23-28H2,1-4,7H3. The topological polar surface area (TPSA) is 89.5 Å². The van der Waals surface area contributed by atoms with Crippen LogP contribution < -0.4 is 9.47 Å². The third kappa shape index (κ3) is 14.9. The lowest BCUT2D eigenvalue weighted by Gasteiger charge is -2.22. The molecular formula is C39H58O8. The van der Waals surface area contributed by atoms with Crippen molar-refractivity contribution in [1.82, 2.24) is 0 Å². The van der Waals surface area contributed by atoms with E-state index in [0.29, 0.717) is 36.5 Å². The zero-order valence-corrected chi connectivity index (χ0v) is 29.4. The highest BCUT2D eigenvalue weighted by molar-refractivity contribution is 5.90.